The molecule has 0 aromatic heterocycles. The van der Waals surface area contributed by atoms with Crippen LogP contribution in [0, 0.1) is 0 Å². The predicted molar refractivity (Wildman–Crippen MR) is 133 cm³/mol. The van der Waals surface area contributed by atoms with E-state index in [0.29, 0.717) is 17.8 Å². The van der Waals surface area contributed by atoms with Gasteiger partial charge in [-0.1, -0.05) is 42.1 Å². The van der Waals surface area contributed by atoms with Crippen LogP contribution in [0.3, 0.4) is 0 Å². The van der Waals surface area contributed by atoms with Crippen molar-refractivity contribution >= 4 is 45.0 Å². The number of nitrogens with zero attached hydrogens (tertiary/aromatic N) is 1. The number of benzene rings is 3. The Labute approximate surface area is 203 Å². The van der Waals surface area contributed by atoms with Crippen LogP contribution < -0.4 is 9.62 Å². The standard InChI is InChI=1S/C25H24N2O5S2/c1-17-14-19-15-18(12-13-22(19)27(17)34(2,30)31)25(29)32-16-24(28)26-21-10-6-7-11-23(21)33-20-8-4-3-5-9-20/h3-13,15,17H,14,16H2,1-2H3,(H,26,28). The first-order chi connectivity index (χ1) is 16.2. The molecule has 0 saturated heterocycles. The van der Waals surface area contributed by atoms with Crippen LogP contribution >= 0.6 is 11.8 Å². The third-order valence-electron chi connectivity index (χ3n) is 5.29. The van der Waals surface area contributed by atoms with Gasteiger partial charge in [-0.3, -0.25) is 9.10 Å². The average Bonchev–Trinajstić information content (AvgIpc) is 3.14. The Bertz CT molecular complexity index is 1330. The fourth-order valence-corrected chi connectivity index (χ4v) is 6.10. The van der Waals surface area contributed by atoms with Gasteiger partial charge in [0.15, 0.2) is 6.61 Å². The summed E-state index contributed by atoms with van der Waals surface area (Å²) in [5, 5.41) is 2.80. The maximum atomic E-state index is 12.5. The number of rotatable bonds is 7. The van der Waals surface area contributed by atoms with Crippen LogP contribution in [0.1, 0.15) is 22.8 Å². The van der Waals surface area contributed by atoms with Crippen molar-refractivity contribution in [2.24, 2.45) is 0 Å². The number of carbonyl (C=O) groups is 2. The molecule has 1 atom stereocenters. The SMILES string of the molecule is CC1Cc2cc(C(=O)OCC(=O)Nc3ccccc3Sc3ccccc3)ccc2N1S(C)(=O)=O. The summed E-state index contributed by atoms with van der Waals surface area (Å²) < 4.78 is 30.7. The molecule has 7 nitrogen and oxygen atoms in total. The largest absolute Gasteiger partial charge is 0.452 e. The van der Waals surface area contributed by atoms with Gasteiger partial charge in [0.1, 0.15) is 0 Å². The minimum absolute atomic E-state index is 0.226. The van der Waals surface area contributed by atoms with Gasteiger partial charge in [0.25, 0.3) is 5.91 Å². The molecule has 3 aromatic rings. The first kappa shape index (κ1) is 23.8. The molecule has 0 radical (unpaired) electrons. The number of anilines is 2. The van der Waals surface area contributed by atoms with E-state index in [9.17, 15) is 18.0 Å². The van der Waals surface area contributed by atoms with Crippen molar-refractivity contribution in [2.45, 2.75) is 29.2 Å². The molecule has 4 rings (SSSR count). The number of fused-ring (bicyclic) bond motifs is 1. The monoisotopic (exact) mass is 496 g/mol. The first-order valence-corrected chi connectivity index (χ1v) is 13.3. The third kappa shape index (κ3) is 5.43. The van der Waals surface area contributed by atoms with Gasteiger partial charge in [-0.2, -0.15) is 0 Å². The summed E-state index contributed by atoms with van der Waals surface area (Å²) >= 11 is 1.52. The summed E-state index contributed by atoms with van der Waals surface area (Å²) in [5.41, 5.74) is 2.22. The number of carbonyl (C=O) groups excluding carboxylic acids is 2. The van der Waals surface area contributed by atoms with Crippen LogP contribution in [0.4, 0.5) is 11.4 Å². The second-order valence-corrected chi connectivity index (χ2v) is 11.0. The molecule has 3 aromatic carbocycles. The molecule has 0 fully saturated rings. The molecule has 1 N–H and O–H groups in total. The number of hydrogen-bond acceptors (Lipinski definition) is 6. The number of amides is 1. The van der Waals surface area contributed by atoms with E-state index < -0.39 is 28.5 Å². The van der Waals surface area contributed by atoms with Gasteiger partial charge in [0.2, 0.25) is 10.0 Å². The second kappa shape index (κ2) is 9.90. The molecule has 0 spiro atoms. The van der Waals surface area contributed by atoms with Gasteiger partial charge in [-0.25, -0.2) is 13.2 Å². The van der Waals surface area contributed by atoms with Crippen molar-refractivity contribution in [3.05, 3.63) is 83.9 Å². The zero-order chi connectivity index (χ0) is 24.3. The Morgan fingerprint density at radius 3 is 2.50 bits per heavy atom. The molecule has 1 amide bonds. The Hall–Kier alpha value is -3.30. The highest BCUT2D eigenvalue weighted by atomic mass is 32.2. The zero-order valence-corrected chi connectivity index (χ0v) is 20.4. The number of esters is 1. The maximum Gasteiger partial charge on any atom is 0.338 e. The van der Waals surface area contributed by atoms with Gasteiger partial charge in [0, 0.05) is 15.8 Å². The van der Waals surface area contributed by atoms with E-state index in [1.54, 1.807) is 18.2 Å². The number of ether oxygens (including phenoxy) is 1. The van der Waals surface area contributed by atoms with Crippen molar-refractivity contribution in [2.75, 3.05) is 22.5 Å². The van der Waals surface area contributed by atoms with E-state index in [1.807, 2.05) is 55.5 Å². The normalized spacial score (nSPS) is 15.0. The highest BCUT2D eigenvalue weighted by molar-refractivity contribution is 7.99. The Kier molecular flexibility index (Phi) is 6.95. The lowest BCUT2D eigenvalue weighted by Crippen LogP contribution is -2.34. The van der Waals surface area contributed by atoms with Crippen LogP contribution in [0.15, 0.2) is 82.6 Å². The lowest BCUT2D eigenvalue weighted by molar-refractivity contribution is -0.119. The smallest absolute Gasteiger partial charge is 0.338 e. The molecule has 1 aliphatic rings. The van der Waals surface area contributed by atoms with Crippen LogP contribution in [0.2, 0.25) is 0 Å². The Morgan fingerprint density at radius 1 is 1.06 bits per heavy atom. The summed E-state index contributed by atoms with van der Waals surface area (Å²) in [5.74, 6) is -1.09. The van der Waals surface area contributed by atoms with E-state index in [2.05, 4.69) is 5.32 Å². The second-order valence-electron chi connectivity index (χ2n) is 7.99. The summed E-state index contributed by atoms with van der Waals surface area (Å²) in [7, 11) is -3.41. The van der Waals surface area contributed by atoms with Gasteiger partial charge >= 0.3 is 5.97 Å². The van der Waals surface area contributed by atoms with Crippen LogP contribution in [-0.2, 0) is 26.0 Å². The number of hydrogen-bond donors (Lipinski definition) is 1. The lowest BCUT2D eigenvalue weighted by Gasteiger charge is -2.21. The van der Waals surface area contributed by atoms with E-state index >= 15 is 0 Å². The van der Waals surface area contributed by atoms with Gasteiger partial charge in [-0.05, 0) is 61.4 Å². The van der Waals surface area contributed by atoms with Crippen molar-refractivity contribution in [1.82, 2.24) is 0 Å². The van der Waals surface area contributed by atoms with Crippen molar-refractivity contribution in [3.8, 4) is 0 Å². The van der Waals surface area contributed by atoms with E-state index in [4.69, 9.17) is 4.74 Å². The summed E-state index contributed by atoms with van der Waals surface area (Å²) in [4.78, 5) is 26.9. The topological polar surface area (TPSA) is 92.8 Å². The predicted octanol–water partition coefficient (Wildman–Crippen LogP) is 4.34. The minimum atomic E-state index is -3.41. The molecule has 0 bridgehead atoms. The van der Waals surface area contributed by atoms with Crippen molar-refractivity contribution in [3.63, 3.8) is 0 Å². The van der Waals surface area contributed by atoms with Crippen LogP contribution in [0.25, 0.3) is 0 Å². The maximum absolute atomic E-state index is 12.5. The summed E-state index contributed by atoms with van der Waals surface area (Å²) in [6.07, 6.45) is 1.66. The highest BCUT2D eigenvalue weighted by Gasteiger charge is 2.33. The quantitative estimate of drug-likeness (QED) is 0.489. The Balaban J connectivity index is 1.38. The molecule has 1 heterocycles. The molecule has 0 saturated carbocycles. The number of nitrogens with one attached hydrogen (secondary N) is 1. The van der Waals surface area contributed by atoms with E-state index in [-0.39, 0.29) is 11.6 Å². The van der Waals surface area contributed by atoms with Crippen LogP contribution in [-0.4, -0.2) is 39.2 Å². The number of para-hydroxylation sites is 1. The molecule has 34 heavy (non-hydrogen) atoms. The van der Waals surface area contributed by atoms with Crippen LogP contribution in [0.5, 0.6) is 0 Å². The van der Waals surface area contributed by atoms with Crippen molar-refractivity contribution < 1.29 is 22.7 Å². The molecular formula is C25H24N2O5S2. The molecule has 9 heteroatoms. The van der Waals surface area contributed by atoms with Crippen molar-refractivity contribution in [1.29, 1.82) is 0 Å². The number of sulfonamides is 1. The Morgan fingerprint density at radius 2 is 1.76 bits per heavy atom. The van der Waals surface area contributed by atoms with E-state index in [0.717, 1.165) is 21.6 Å². The zero-order valence-electron chi connectivity index (χ0n) is 18.7. The van der Waals surface area contributed by atoms with Gasteiger partial charge < -0.3 is 10.1 Å². The van der Waals surface area contributed by atoms with Gasteiger partial charge in [0.05, 0.1) is 23.2 Å². The first-order valence-electron chi connectivity index (χ1n) is 10.6. The summed E-state index contributed by atoms with van der Waals surface area (Å²) in [6, 6.07) is 21.7. The average molecular weight is 497 g/mol. The molecule has 0 aliphatic carbocycles. The molecular weight excluding hydrogens is 472 g/mol. The lowest BCUT2D eigenvalue weighted by atomic mass is 10.1. The van der Waals surface area contributed by atoms with Gasteiger partial charge in [-0.15, -0.1) is 0 Å². The molecule has 1 aliphatic heterocycles. The summed E-state index contributed by atoms with van der Waals surface area (Å²) in [6.45, 7) is 1.38. The fourth-order valence-electron chi connectivity index (χ4n) is 3.91. The fraction of sp³-hybridized carbons (Fsp3) is 0.200. The van der Waals surface area contributed by atoms with E-state index in [1.165, 1.54) is 22.1 Å². The minimum Gasteiger partial charge on any atom is -0.452 e. The molecule has 1 unspecified atom stereocenters. The molecule has 176 valence electrons. The third-order valence-corrected chi connectivity index (χ3v) is 7.65. The highest BCUT2D eigenvalue weighted by Crippen LogP contribution is 2.35.